The molecule has 0 bridgehead atoms. The summed E-state index contributed by atoms with van der Waals surface area (Å²) in [6.45, 7) is 0.753. The largest absolute Gasteiger partial charge is 0.276 e. The van der Waals surface area contributed by atoms with Crippen LogP contribution < -0.4 is 5.48 Å². The van der Waals surface area contributed by atoms with Crippen molar-refractivity contribution >= 4 is 21.6 Å². The molecule has 2 rings (SSSR count). The molecule has 0 fully saturated rings. The predicted molar refractivity (Wildman–Crippen MR) is 47.4 cm³/mol. The van der Waals surface area contributed by atoms with E-state index >= 15 is 0 Å². The van der Waals surface area contributed by atoms with Gasteiger partial charge < -0.3 is 0 Å². The molecule has 0 saturated heterocycles. The van der Waals surface area contributed by atoms with Gasteiger partial charge in [0.2, 0.25) is 0 Å². The van der Waals surface area contributed by atoms with E-state index in [9.17, 15) is 0 Å². The van der Waals surface area contributed by atoms with Crippen LogP contribution in [0.4, 0.5) is 5.69 Å². The van der Waals surface area contributed by atoms with Crippen LogP contribution in [0.15, 0.2) is 22.7 Å². The quantitative estimate of drug-likeness (QED) is 0.715. The molecule has 1 aromatic rings. The van der Waals surface area contributed by atoms with E-state index in [4.69, 9.17) is 4.84 Å². The smallest absolute Gasteiger partial charge is 0.0787 e. The molecule has 2 nitrogen and oxygen atoms in total. The van der Waals surface area contributed by atoms with Crippen LogP contribution in [0.25, 0.3) is 0 Å². The summed E-state index contributed by atoms with van der Waals surface area (Å²) in [5.74, 6) is 0. The molecule has 0 aromatic heterocycles. The van der Waals surface area contributed by atoms with Crippen molar-refractivity contribution < 1.29 is 4.84 Å². The maximum atomic E-state index is 5.07. The van der Waals surface area contributed by atoms with Gasteiger partial charge in [0.1, 0.15) is 0 Å². The summed E-state index contributed by atoms with van der Waals surface area (Å²) in [5, 5.41) is 0. The molecule has 3 heteroatoms. The molecule has 0 amide bonds. The lowest BCUT2D eigenvalue weighted by molar-refractivity contribution is 0.187. The van der Waals surface area contributed by atoms with Crippen molar-refractivity contribution in [3.05, 3.63) is 28.2 Å². The summed E-state index contributed by atoms with van der Waals surface area (Å²) in [6.07, 6.45) is 0.988. The maximum absolute atomic E-state index is 5.07. The molecule has 1 N–H and O–H groups in total. The van der Waals surface area contributed by atoms with E-state index in [1.165, 1.54) is 5.56 Å². The molecule has 0 spiro atoms. The highest BCUT2D eigenvalue weighted by atomic mass is 79.9. The molecular weight excluding hydrogens is 206 g/mol. The Bertz CT molecular complexity index is 275. The second-order valence-electron chi connectivity index (χ2n) is 2.50. The molecule has 1 heterocycles. The molecule has 1 aliphatic rings. The van der Waals surface area contributed by atoms with Crippen LogP contribution in [0.2, 0.25) is 0 Å². The van der Waals surface area contributed by atoms with Gasteiger partial charge in [-0.3, -0.25) is 10.3 Å². The highest BCUT2D eigenvalue weighted by Gasteiger charge is 2.07. The lowest BCUT2D eigenvalue weighted by atomic mass is 10.1. The van der Waals surface area contributed by atoms with Crippen LogP contribution in [0, 0.1) is 0 Å². The van der Waals surface area contributed by atoms with Crippen LogP contribution in [0.1, 0.15) is 5.56 Å². The minimum atomic E-state index is 0.753. The molecule has 0 saturated carbocycles. The fourth-order valence-electron chi connectivity index (χ4n) is 1.16. The van der Waals surface area contributed by atoms with E-state index in [0.29, 0.717) is 0 Å². The van der Waals surface area contributed by atoms with Gasteiger partial charge in [0.05, 0.1) is 12.3 Å². The molecule has 0 unspecified atom stereocenters. The van der Waals surface area contributed by atoms with Crippen molar-refractivity contribution in [1.82, 2.24) is 0 Å². The maximum Gasteiger partial charge on any atom is 0.0787 e. The third-order valence-electron chi connectivity index (χ3n) is 1.72. The van der Waals surface area contributed by atoms with Gasteiger partial charge in [-0.25, -0.2) is 0 Å². The number of rotatable bonds is 0. The zero-order chi connectivity index (χ0) is 7.68. The molecule has 58 valence electrons. The third-order valence-corrected chi connectivity index (χ3v) is 2.22. The highest BCUT2D eigenvalue weighted by Crippen LogP contribution is 2.23. The predicted octanol–water partition coefficient (Wildman–Crippen LogP) is 2.35. The fraction of sp³-hybridized carbons (Fsp3) is 0.250. The SMILES string of the molecule is Brc1ccc2c(c1)CCON2. The summed E-state index contributed by atoms with van der Waals surface area (Å²) in [4.78, 5) is 5.07. The first-order chi connectivity index (χ1) is 5.36. The van der Waals surface area contributed by atoms with Crippen molar-refractivity contribution in [2.45, 2.75) is 6.42 Å². The first-order valence-corrected chi connectivity index (χ1v) is 4.32. The number of halogens is 1. The average Bonchev–Trinajstić information content (AvgIpc) is 2.04. The molecule has 0 radical (unpaired) electrons. The zero-order valence-corrected chi connectivity index (χ0v) is 7.52. The number of benzene rings is 1. The summed E-state index contributed by atoms with van der Waals surface area (Å²) in [5.41, 5.74) is 5.26. The highest BCUT2D eigenvalue weighted by molar-refractivity contribution is 9.10. The first-order valence-electron chi connectivity index (χ1n) is 3.52. The minimum Gasteiger partial charge on any atom is -0.276 e. The Hall–Kier alpha value is -0.540. The number of hydrogen-bond donors (Lipinski definition) is 1. The van der Waals surface area contributed by atoms with E-state index < -0.39 is 0 Å². The van der Waals surface area contributed by atoms with Crippen molar-refractivity contribution in [2.24, 2.45) is 0 Å². The summed E-state index contributed by atoms with van der Waals surface area (Å²) < 4.78 is 1.12. The Morgan fingerprint density at radius 2 is 2.36 bits per heavy atom. The zero-order valence-electron chi connectivity index (χ0n) is 5.93. The fourth-order valence-corrected chi connectivity index (χ4v) is 1.57. The van der Waals surface area contributed by atoms with Gasteiger partial charge in [0, 0.05) is 10.9 Å². The standard InChI is InChI=1S/C8H8BrNO/c9-7-1-2-8-6(5-7)3-4-11-10-8/h1-2,5,10H,3-4H2. The van der Waals surface area contributed by atoms with E-state index in [1.54, 1.807) is 0 Å². The van der Waals surface area contributed by atoms with Crippen molar-refractivity contribution in [1.29, 1.82) is 0 Å². The Balaban J connectivity index is 2.43. The molecule has 1 aromatic carbocycles. The van der Waals surface area contributed by atoms with E-state index in [-0.39, 0.29) is 0 Å². The summed E-state index contributed by atoms with van der Waals surface area (Å²) in [7, 11) is 0. The van der Waals surface area contributed by atoms with Gasteiger partial charge >= 0.3 is 0 Å². The first kappa shape index (κ1) is 7.13. The summed E-state index contributed by atoms with van der Waals surface area (Å²) >= 11 is 3.42. The van der Waals surface area contributed by atoms with Crippen LogP contribution in [0.5, 0.6) is 0 Å². The Morgan fingerprint density at radius 1 is 1.45 bits per heavy atom. The number of hydrogen-bond acceptors (Lipinski definition) is 2. The van der Waals surface area contributed by atoms with E-state index in [1.807, 2.05) is 12.1 Å². The Morgan fingerprint density at radius 3 is 3.27 bits per heavy atom. The molecule has 11 heavy (non-hydrogen) atoms. The monoisotopic (exact) mass is 213 g/mol. The molecule has 1 aliphatic heterocycles. The molecular formula is C8H8BrNO. The average molecular weight is 214 g/mol. The van der Waals surface area contributed by atoms with E-state index in [2.05, 4.69) is 27.5 Å². The second kappa shape index (κ2) is 2.83. The Kier molecular flexibility index (Phi) is 1.84. The lowest BCUT2D eigenvalue weighted by Gasteiger charge is -2.17. The lowest BCUT2D eigenvalue weighted by Crippen LogP contribution is -2.13. The topological polar surface area (TPSA) is 21.3 Å². The summed E-state index contributed by atoms with van der Waals surface area (Å²) in [6, 6.07) is 6.13. The number of nitrogens with one attached hydrogen (secondary N) is 1. The normalized spacial score (nSPS) is 15.4. The van der Waals surface area contributed by atoms with Gasteiger partial charge in [-0.15, -0.1) is 0 Å². The Labute approximate surface area is 73.6 Å². The molecule has 0 aliphatic carbocycles. The van der Waals surface area contributed by atoms with Crippen molar-refractivity contribution in [3.8, 4) is 0 Å². The van der Waals surface area contributed by atoms with Gasteiger partial charge in [-0.2, -0.15) is 0 Å². The number of fused-ring (bicyclic) bond motifs is 1. The van der Waals surface area contributed by atoms with Crippen LogP contribution in [-0.4, -0.2) is 6.61 Å². The number of anilines is 1. The second-order valence-corrected chi connectivity index (χ2v) is 3.42. The third kappa shape index (κ3) is 1.39. The molecule has 0 atom stereocenters. The van der Waals surface area contributed by atoms with E-state index in [0.717, 1.165) is 23.2 Å². The minimum absolute atomic E-state index is 0.753. The van der Waals surface area contributed by atoms with Gasteiger partial charge in [0.15, 0.2) is 0 Å². The van der Waals surface area contributed by atoms with Crippen LogP contribution in [-0.2, 0) is 11.3 Å². The van der Waals surface area contributed by atoms with Crippen molar-refractivity contribution in [3.63, 3.8) is 0 Å². The van der Waals surface area contributed by atoms with Gasteiger partial charge in [-0.05, 0) is 23.8 Å². The van der Waals surface area contributed by atoms with Gasteiger partial charge in [0.25, 0.3) is 0 Å². The van der Waals surface area contributed by atoms with Crippen molar-refractivity contribution in [2.75, 3.05) is 12.1 Å². The van der Waals surface area contributed by atoms with Gasteiger partial charge in [-0.1, -0.05) is 15.9 Å². The van der Waals surface area contributed by atoms with Crippen LogP contribution >= 0.6 is 15.9 Å². The van der Waals surface area contributed by atoms with Crippen LogP contribution in [0.3, 0.4) is 0 Å².